The molecule has 5 rings (SSSR count). The summed E-state index contributed by atoms with van der Waals surface area (Å²) in [5, 5.41) is 7.66. The largest absolute Gasteiger partial charge is 0.401 e. The van der Waals surface area contributed by atoms with Crippen molar-refractivity contribution in [3.8, 4) is 11.1 Å². The van der Waals surface area contributed by atoms with E-state index in [0.29, 0.717) is 18.5 Å². The van der Waals surface area contributed by atoms with Crippen LogP contribution in [-0.2, 0) is 13.5 Å². The maximum atomic E-state index is 13.6. The number of anilines is 1. The Balaban J connectivity index is 1.40. The van der Waals surface area contributed by atoms with Gasteiger partial charge in [0.25, 0.3) is 0 Å². The summed E-state index contributed by atoms with van der Waals surface area (Å²) in [4.78, 5) is 8.33. The minimum absolute atomic E-state index is 0.260. The molecule has 2 aromatic heterocycles. The summed E-state index contributed by atoms with van der Waals surface area (Å²) in [6, 6.07) is 9.02. The van der Waals surface area contributed by atoms with Crippen LogP contribution in [0.1, 0.15) is 36.2 Å². The van der Waals surface area contributed by atoms with E-state index in [1.54, 1.807) is 17.1 Å². The third-order valence-electron chi connectivity index (χ3n) is 7.25. The number of hydrogen-bond acceptors (Lipinski definition) is 5. The molecule has 0 bridgehead atoms. The van der Waals surface area contributed by atoms with Gasteiger partial charge in [-0.05, 0) is 48.6 Å². The number of aromatic nitrogens is 3. The molecule has 2 aliphatic heterocycles. The molecule has 0 radical (unpaired) electrons. The van der Waals surface area contributed by atoms with Crippen LogP contribution in [-0.4, -0.2) is 75.7 Å². The van der Waals surface area contributed by atoms with Gasteiger partial charge in [0.1, 0.15) is 0 Å². The first-order chi connectivity index (χ1) is 17.7. The second-order valence-electron chi connectivity index (χ2n) is 10.2. The predicted molar refractivity (Wildman–Crippen MR) is 135 cm³/mol. The molecule has 4 heterocycles. The summed E-state index contributed by atoms with van der Waals surface area (Å²) in [5.74, 6) is 0. The molecule has 198 valence electrons. The van der Waals surface area contributed by atoms with Gasteiger partial charge in [0, 0.05) is 44.5 Å². The molecular weight excluding hydrogens is 484 g/mol. The number of nitrogens with zero attached hydrogens (tertiary/aromatic N) is 5. The van der Waals surface area contributed by atoms with Gasteiger partial charge in [-0.2, -0.15) is 18.3 Å². The lowest BCUT2D eigenvalue weighted by atomic mass is 9.85. The van der Waals surface area contributed by atoms with Gasteiger partial charge in [0.15, 0.2) is 0 Å². The molecule has 0 saturated carbocycles. The lowest BCUT2D eigenvalue weighted by molar-refractivity contribution is -0.155. The lowest BCUT2D eigenvalue weighted by Crippen LogP contribution is -2.54. The molecule has 0 spiro atoms. The highest BCUT2D eigenvalue weighted by molar-refractivity contribution is 5.64. The first-order valence-corrected chi connectivity index (χ1v) is 12.7. The fourth-order valence-corrected chi connectivity index (χ4v) is 5.47. The maximum Gasteiger partial charge on any atom is 0.401 e. The average molecular weight is 517 g/mol. The Morgan fingerprint density at radius 3 is 2.54 bits per heavy atom. The van der Waals surface area contributed by atoms with Crippen molar-refractivity contribution in [3.05, 3.63) is 65.7 Å². The normalized spacial score (nSPS) is 21.0. The van der Waals surface area contributed by atoms with Crippen LogP contribution >= 0.6 is 0 Å². The van der Waals surface area contributed by atoms with Crippen molar-refractivity contribution in [3.63, 3.8) is 0 Å². The molecule has 1 N–H and O–H groups in total. The Morgan fingerprint density at radius 2 is 1.89 bits per heavy atom. The summed E-state index contributed by atoms with van der Waals surface area (Å²) >= 11 is 0. The molecule has 0 aliphatic carbocycles. The highest BCUT2D eigenvalue weighted by Crippen LogP contribution is 2.40. The summed E-state index contributed by atoms with van der Waals surface area (Å²) in [6.45, 7) is 2.98. The molecule has 3 aromatic rings. The smallest absolute Gasteiger partial charge is 0.378 e. The van der Waals surface area contributed by atoms with E-state index in [1.807, 2.05) is 44.4 Å². The van der Waals surface area contributed by atoms with E-state index in [4.69, 9.17) is 0 Å². The van der Waals surface area contributed by atoms with E-state index in [-0.39, 0.29) is 18.8 Å². The van der Waals surface area contributed by atoms with Gasteiger partial charge in [0.05, 0.1) is 49.1 Å². The Kier molecular flexibility index (Phi) is 7.22. The van der Waals surface area contributed by atoms with Gasteiger partial charge >= 0.3 is 6.18 Å². The van der Waals surface area contributed by atoms with Gasteiger partial charge in [-0.15, -0.1) is 0 Å². The first kappa shape index (κ1) is 25.7. The number of nitrogens with one attached hydrogen (secondary N) is 1. The van der Waals surface area contributed by atoms with E-state index in [1.165, 1.54) is 4.90 Å². The van der Waals surface area contributed by atoms with Crippen molar-refractivity contribution in [2.24, 2.45) is 7.05 Å². The lowest BCUT2D eigenvalue weighted by Gasteiger charge is -2.42. The van der Waals surface area contributed by atoms with Gasteiger partial charge < -0.3 is 5.32 Å². The first-order valence-electron chi connectivity index (χ1n) is 12.7. The standard InChI is InChI=1S/C27H32F4N6/c1-18-10-20-11-19(21-12-33-35(2)14-21)4-6-24(20)26(37(18)17-27(29,30)31)25-7-5-22(13-32-25)34-23-15-36(16-23)9-3-8-28/h4-7,11-14,18,23,26,34H,3,8-10,15-17H2,1-2H3. The van der Waals surface area contributed by atoms with Crippen LogP contribution < -0.4 is 5.32 Å². The van der Waals surface area contributed by atoms with Crippen molar-refractivity contribution >= 4 is 5.69 Å². The number of rotatable bonds is 8. The molecular formula is C27H32F4N6. The predicted octanol–water partition coefficient (Wildman–Crippen LogP) is 4.84. The third kappa shape index (κ3) is 5.80. The van der Waals surface area contributed by atoms with Crippen LogP contribution in [0.2, 0.25) is 0 Å². The number of likely N-dealkylation sites (tertiary alicyclic amines) is 1. The van der Waals surface area contributed by atoms with E-state index >= 15 is 0 Å². The van der Waals surface area contributed by atoms with E-state index in [2.05, 4.69) is 26.4 Å². The van der Waals surface area contributed by atoms with Gasteiger partial charge in [-0.25, -0.2) is 0 Å². The zero-order valence-electron chi connectivity index (χ0n) is 21.0. The molecule has 37 heavy (non-hydrogen) atoms. The van der Waals surface area contributed by atoms with Crippen molar-refractivity contribution in [2.75, 3.05) is 38.2 Å². The van der Waals surface area contributed by atoms with Crippen LogP contribution in [0.4, 0.5) is 23.2 Å². The highest BCUT2D eigenvalue weighted by atomic mass is 19.4. The number of pyridine rings is 1. The van der Waals surface area contributed by atoms with Crippen LogP contribution in [0, 0.1) is 0 Å². The Morgan fingerprint density at radius 1 is 1.08 bits per heavy atom. The minimum atomic E-state index is -4.32. The molecule has 2 unspecified atom stereocenters. The topological polar surface area (TPSA) is 49.2 Å². The zero-order chi connectivity index (χ0) is 26.2. The summed E-state index contributed by atoms with van der Waals surface area (Å²) in [6.07, 6.45) is 2.17. The number of alkyl halides is 4. The van der Waals surface area contributed by atoms with Crippen molar-refractivity contribution in [1.82, 2.24) is 24.6 Å². The van der Waals surface area contributed by atoms with E-state index < -0.39 is 18.8 Å². The fourth-order valence-electron chi connectivity index (χ4n) is 5.47. The second-order valence-corrected chi connectivity index (χ2v) is 10.2. The highest BCUT2D eigenvalue weighted by Gasteiger charge is 2.41. The average Bonchev–Trinajstić information content (AvgIpc) is 3.26. The maximum absolute atomic E-state index is 13.6. The summed E-state index contributed by atoms with van der Waals surface area (Å²) < 4.78 is 55.0. The minimum Gasteiger partial charge on any atom is -0.378 e. The van der Waals surface area contributed by atoms with Crippen LogP contribution in [0.5, 0.6) is 0 Å². The second kappa shape index (κ2) is 10.4. The fraction of sp³-hybridized carbons (Fsp3) is 0.481. The number of halogens is 4. The molecule has 1 aromatic carbocycles. The zero-order valence-corrected chi connectivity index (χ0v) is 21.0. The molecule has 10 heteroatoms. The molecule has 1 fully saturated rings. The van der Waals surface area contributed by atoms with E-state index in [9.17, 15) is 17.6 Å². The number of fused-ring (bicyclic) bond motifs is 1. The quantitative estimate of drug-likeness (QED) is 0.435. The number of aryl methyl sites for hydroxylation is 1. The van der Waals surface area contributed by atoms with Crippen molar-refractivity contribution in [2.45, 2.75) is 44.1 Å². The third-order valence-corrected chi connectivity index (χ3v) is 7.25. The van der Waals surface area contributed by atoms with Gasteiger partial charge in [-0.1, -0.05) is 18.2 Å². The van der Waals surface area contributed by atoms with Crippen LogP contribution in [0.3, 0.4) is 0 Å². The van der Waals surface area contributed by atoms with Crippen LogP contribution in [0.15, 0.2) is 48.9 Å². The van der Waals surface area contributed by atoms with Gasteiger partial charge in [0.2, 0.25) is 0 Å². The van der Waals surface area contributed by atoms with Crippen molar-refractivity contribution < 1.29 is 17.6 Å². The Labute approximate surface area is 214 Å². The number of benzene rings is 1. The Bertz CT molecular complexity index is 1200. The summed E-state index contributed by atoms with van der Waals surface area (Å²) in [5.41, 5.74) is 5.28. The SMILES string of the molecule is CC1Cc2cc(-c3cnn(C)c3)ccc2C(c2ccc(NC3CN(CCCF)C3)cn2)N1CC(F)(F)F. The molecule has 2 aliphatic rings. The molecule has 1 saturated heterocycles. The molecule has 0 amide bonds. The molecule has 2 atom stereocenters. The van der Waals surface area contributed by atoms with E-state index in [0.717, 1.165) is 47.6 Å². The van der Waals surface area contributed by atoms with Gasteiger partial charge in [-0.3, -0.25) is 23.9 Å². The monoisotopic (exact) mass is 516 g/mol. The Hall–Kier alpha value is -2.98. The number of hydrogen-bond donors (Lipinski definition) is 1. The van der Waals surface area contributed by atoms with Crippen LogP contribution in [0.25, 0.3) is 11.1 Å². The summed E-state index contributed by atoms with van der Waals surface area (Å²) in [7, 11) is 1.85. The van der Waals surface area contributed by atoms with Crippen molar-refractivity contribution in [1.29, 1.82) is 0 Å². The molecule has 6 nitrogen and oxygen atoms in total.